The maximum atomic E-state index is 4.66. The van der Waals surface area contributed by atoms with Crippen LogP contribution < -0.4 is 10.6 Å². The van der Waals surface area contributed by atoms with E-state index in [4.69, 9.17) is 0 Å². The number of para-hydroxylation sites is 1. The zero-order valence-electron chi connectivity index (χ0n) is 13.7. The van der Waals surface area contributed by atoms with Gasteiger partial charge in [0.1, 0.15) is 0 Å². The first-order valence-corrected chi connectivity index (χ1v) is 8.85. The van der Waals surface area contributed by atoms with Crippen LogP contribution in [0.25, 0.3) is 10.2 Å². The van der Waals surface area contributed by atoms with E-state index < -0.39 is 0 Å². The molecule has 2 aromatic heterocycles. The van der Waals surface area contributed by atoms with Gasteiger partial charge in [-0.25, -0.2) is 4.98 Å². The van der Waals surface area contributed by atoms with E-state index in [0.717, 1.165) is 36.6 Å². The SMILES string of the molecule is CN=C(NCCCc1nc2ccccc2s1)NCc1ccccn1. The number of aromatic nitrogens is 2. The number of hydrogen-bond acceptors (Lipinski definition) is 4. The fraction of sp³-hybridized carbons (Fsp3) is 0.278. The first-order valence-electron chi connectivity index (χ1n) is 8.04. The van der Waals surface area contributed by atoms with Crippen molar-refractivity contribution in [3.8, 4) is 0 Å². The van der Waals surface area contributed by atoms with E-state index in [-0.39, 0.29) is 0 Å². The average molecular weight is 339 g/mol. The lowest BCUT2D eigenvalue weighted by Gasteiger charge is -2.11. The highest BCUT2D eigenvalue weighted by Gasteiger charge is 2.03. The maximum absolute atomic E-state index is 4.66. The van der Waals surface area contributed by atoms with Gasteiger partial charge in [0, 0.05) is 26.2 Å². The molecule has 0 fully saturated rings. The molecule has 124 valence electrons. The van der Waals surface area contributed by atoms with Gasteiger partial charge >= 0.3 is 0 Å². The second-order valence-corrected chi connectivity index (χ2v) is 6.47. The Morgan fingerprint density at radius 3 is 2.79 bits per heavy atom. The number of rotatable bonds is 6. The van der Waals surface area contributed by atoms with Crippen molar-refractivity contribution in [1.29, 1.82) is 0 Å². The molecule has 0 aliphatic rings. The zero-order chi connectivity index (χ0) is 16.6. The quantitative estimate of drug-likeness (QED) is 0.412. The van der Waals surface area contributed by atoms with Crippen molar-refractivity contribution in [2.75, 3.05) is 13.6 Å². The molecule has 0 amide bonds. The monoisotopic (exact) mass is 339 g/mol. The fourth-order valence-corrected chi connectivity index (χ4v) is 3.38. The van der Waals surface area contributed by atoms with Crippen LogP contribution in [-0.4, -0.2) is 29.5 Å². The molecule has 0 saturated carbocycles. The predicted octanol–water partition coefficient (Wildman–Crippen LogP) is 2.99. The third-order valence-corrected chi connectivity index (χ3v) is 4.68. The summed E-state index contributed by atoms with van der Waals surface area (Å²) in [5.74, 6) is 0.796. The van der Waals surface area contributed by atoms with E-state index in [1.165, 1.54) is 9.71 Å². The van der Waals surface area contributed by atoms with Crippen LogP contribution in [0.15, 0.2) is 53.7 Å². The molecular weight excluding hydrogens is 318 g/mol. The van der Waals surface area contributed by atoms with Crippen molar-refractivity contribution in [1.82, 2.24) is 20.6 Å². The van der Waals surface area contributed by atoms with Crippen LogP contribution >= 0.6 is 11.3 Å². The molecule has 6 heteroatoms. The summed E-state index contributed by atoms with van der Waals surface area (Å²) in [6.07, 6.45) is 3.79. The summed E-state index contributed by atoms with van der Waals surface area (Å²) >= 11 is 1.78. The van der Waals surface area contributed by atoms with Gasteiger partial charge in [-0.1, -0.05) is 18.2 Å². The number of hydrogen-bond donors (Lipinski definition) is 2. The number of aliphatic imine (C=N–C) groups is 1. The maximum Gasteiger partial charge on any atom is 0.191 e. The Hall–Kier alpha value is -2.47. The van der Waals surface area contributed by atoms with Crippen molar-refractivity contribution in [2.45, 2.75) is 19.4 Å². The largest absolute Gasteiger partial charge is 0.356 e. The highest BCUT2D eigenvalue weighted by molar-refractivity contribution is 7.18. The van der Waals surface area contributed by atoms with Crippen LogP contribution in [0, 0.1) is 0 Å². The minimum absolute atomic E-state index is 0.665. The van der Waals surface area contributed by atoms with E-state index >= 15 is 0 Å². The first-order chi connectivity index (χ1) is 11.8. The van der Waals surface area contributed by atoms with E-state index in [1.54, 1.807) is 24.6 Å². The average Bonchev–Trinajstić information content (AvgIpc) is 3.05. The molecule has 2 heterocycles. The topological polar surface area (TPSA) is 62.2 Å². The molecule has 0 spiro atoms. The summed E-state index contributed by atoms with van der Waals surface area (Å²) in [6, 6.07) is 14.2. The summed E-state index contributed by atoms with van der Waals surface area (Å²) in [5.41, 5.74) is 2.09. The number of fused-ring (bicyclic) bond motifs is 1. The summed E-state index contributed by atoms with van der Waals surface area (Å²) in [4.78, 5) is 13.2. The van der Waals surface area contributed by atoms with Crippen molar-refractivity contribution < 1.29 is 0 Å². The number of pyridine rings is 1. The molecule has 0 bridgehead atoms. The van der Waals surface area contributed by atoms with Crippen molar-refractivity contribution in [3.63, 3.8) is 0 Å². The minimum Gasteiger partial charge on any atom is -0.356 e. The van der Waals surface area contributed by atoms with Crippen LogP contribution in [0.2, 0.25) is 0 Å². The summed E-state index contributed by atoms with van der Waals surface area (Å²) < 4.78 is 1.26. The van der Waals surface area contributed by atoms with Gasteiger partial charge in [0.25, 0.3) is 0 Å². The second-order valence-electron chi connectivity index (χ2n) is 5.35. The molecular formula is C18H21N5S. The Kier molecular flexibility index (Phi) is 5.74. The molecule has 5 nitrogen and oxygen atoms in total. The van der Waals surface area contributed by atoms with Gasteiger partial charge in [0.2, 0.25) is 0 Å². The van der Waals surface area contributed by atoms with E-state index in [0.29, 0.717) is 6.54 Å². The van der Waals surface area contributed by atoms with Gasteiger partial charge in [-0.2, -0.15) is 0 Å². The van der Waals surface area contributed by atoms with Gasteiger partial charge in [-0.15, -0.1) is 11.3 Å². The predicted molar refractivity (Wildman–Crippen MR) is 100 cm³/mol. The smallest absolute Gasteiger partial charge is 0.191 e. The molecule has 0 aliphatic heterocycles. The van der Waals surface area contributed by atoms with Crippen LogP contribution in [0.1, 0.15) is 17.1 Å². The van der Waals surface area contributed by atoms with Gasteiger partial charge in [-0.05, 0) is 30.7 Å². The van der Waals surface area contributed by atoms with Crippen molar-refractivity contribution >= 4 is 27.5 Å². The zero-order valence-corrected chi connectivity index (χ0v) is 14.5. The highest BCUT2D eigenvalue weighted by Crippen LogP contribution is 2.22. The third kappa shape index (κ3) is 4.52. The van der Waals surface area contributed by atoms with Gasteiger partial charge in [-0.3, -0.25) is 9.98 Å². The lowest BCUT2D eigenvalue weighted by Crippen LogP contribution is -2.37. The molecule has 0 radical (unpaired) electrons. The molecule has 3 aromatic rings. The normalized spacial score (nSPS) is 11.6. The number of thiazole rings is 1. The molecule has 0 atom stereocenters. The molecule has 2 N–H and O–H groups in total. The van der Waals surface area contributed by atoms with E-state index in [1.807, 2.05) is 24.3 Å². The first kappa shape index (κ1) is 16.4. The standard InChI is InChI=1S/C18H21N5S/c1-19-18(22-13-14-7-4-5-11-20-14)21-12-6-10-17-23-15-8-2-3-9-16(15)24-17/h2-5,7-9,11H,6,10,12-13H2,1H3,(H2,19,21,22). The molecule has 0 unspecified atom stereocenters. The van der Waals surface area contributed by atoms with Gasteiger partial charge in [0.15, 0.2) is 5.96 Å². The van der Waals surface area contributed by atoms with Crippen LogP contribution in [0.4, 0.5) is 0 Å². The number of benzene rings is 1. The van der Waals surface area contributed by atoms with Crippen molar-refractivity contribution in [3.05, 3.63) is 59.4 Å². The summed E-state index contributed by atoms with van der Waals surface area (Å²) in [5, 5.41) is 7.79. The van der Waals surface area contributed by atoms with E-state index in [9.17, 15) is 0 Å². The second kappa shape index (κ2) is 8.40. The number of nitrogens with zero attached hydrogens (tertiary/aromatic N) is 3. The Labute approximate surface area is 145 Å². The lowest BCUT2D eigenvalue weighted by molar-refractivity contribution is 0.736. The summed E-state index contributed by atoms with van der Waals surface area (Å²) in [7, 11) is 1.78. The third-order valence-electron chi connectivity index (χ3n) is 3.58. The van der Waals surface area contributed by atoms with Crippen LogP contribution in [0.3, 0.4) is 0 Å². The molecule has 0 aliphatic carbocycles. The van der Waals surface area contributed by atoms with Gasteiger partial charge in [0.05, 0.1) is 27.5 Å². The molecule has 1 aromatic carbocycles. The Bertz CT molecular complexity index is 764. The Balaban J connectivity index is 1.41. The van der Waals surface area contributed by atoms with Gasteiger partial charge < -0.3 is 10.6 Å². The number of aryl methyl sites for hydroxylation is 1. The fourth-order valence-electron chi connectivity index (χ4n) is 2.37. The van der Waals surface area contributed by atoms with E-state index in [2.05, 4.69) is 43.8 Å². The lowest BCUT2D eigenvalue weighted by atomic mass is 10.3. The van der Waals surface area contributed by atoms with Crippen molar-refractivity contribution in [2.24, 2.45) is 4.99 Å². The molecule has 0 saturated heterocycles. The minimum atomic E-state index is 0.665. The molecule has 24 heavy (non-hydrogen) atoms. The number of guanidine groups is 1. The summed E-state index contributed by atoms with van der Waals surface area (Å²) in [6.45, 7) is 1.52. The van der Waals surface area contributed by atoms with Crippen LogP contribution in [0.5, 0.6) is 0 Å². The number of nitrogens with one attached hydrogen (secondary N) is 2. The molecule has 3 rings (SSSR count). The highest BCUT2D eigenvalue weighted by atomic mass is 32.1. The Morgan fingerprint density at radius 1 is 1.12 bits per heavy atom. The van der Waals surface area contributed by atoms with Crippen LogP contribution in [-0.2, 0) is 13.0 Å². The Morgan fingerprint density at radius 2 is 2.00 bits per heavy atom.